The lowest BCUT2D eigenvalue weighted by molar-refractivity contribution is 0.579. The van der Waals surface area contributed by atoms with Gasteiger partial charge in [0.2, 0.25) is 10.0 Å². The number of nitrogens with one attached hydrogen (secondary N) is 1. The molecule has 1 heterocycles. The molecule has 1 aromatic heterocycles. The lowest BCUT2D eigenvalue weighted by Gasteiger charge is -2.13. The molecule has 0 amide bonds. The van der Waals surface area contributed by atoms with E-state index in [0.29, 0.717) is 10.5 Å². The summed E-state index contributed by atoms with van der Waals surface area (Å²) in [5.74, 6) is 0. The molecule has 1 N–H and O–H groups in total. The summed E-state index contributed by atoms with van der Waals surface area (Å²) in [4.78, 5) is 4.39. The molecule has 3 rings (SSSR count). The highest BCUT2D eigenvalue weighted by Crippen LogP contribution is 2.22. The van der Waals surface area contributed by atoms with Crippen molar-refractivity contribution in [3.05, 3.63) is 59.0 Å². The molecule has 0 spiro atoms. The van der Waals surface area contributed by atoms with Crippen molar-refractivity contribution in [1.29, 1.82) is 0 Å². The minimum absolute atomic E-state index is 0.200. The Balaban J connectivity index is 1.86. The average Bonchev–Trinajstić information content (AvgIpc) is 2.91. The molecule has 120 valence electrons. The lowest BCUT2D eigenvalue weighted by atomic mass is 10.1. The van der Waals surface area contributed by atoms with Crippen molar-refractivity contribution in [2.75, 3.05) is 0 Å². The number of fused-ring (bicyclic) bond motifs is 1. The molecule has 2 aromatic carbocycles. The number of nitrogens with zero attached hydrogens (tertiary/aromatic N) is 1. The molecular formula is C17H18N2O3S. The minimum atomic E-state index is -3.57. The highest BCUT2D eigenvalue weighted by molar-refractivity contribution is 7.89. The normalized spacial score (nSPS) is 12.0. The van der Waals surface area contributed by atoms with E-state index in [1.807, 2.05) is 45.0 Å². The average molecular weight is 330 g/mol. The zero-order valence-electron chi connectivity index (χ0n) is 13.3. The second-order valence-electron chi connectivity index (χ2n) is 5.71. The predicted octanol–water partition coefficient (Wildman–Crippen LogP) is 3.23. The van der Waals surface area contributed by atoms with E-state index in [2.05, 4.69) is 9.71 Å². The van der Waals surface area contributed by atoms with Gasteiger partial charge < -0.3 is 4.42 Å². The first-order valence-corrected chi connectivity index (χ1v) is 8.75. The SMILES string of the molecule is Cc1cc(C)c(S(=O)(=O)NCc2ccc3ncoc3c2)c(C)c1. The molecule has 0 saturated heterocycles. The van der Waals surface area contributed by atoms with Gasteiger partial charge in [-0.15, -0.1) is 0 Å². The van der Waals surface area contributed by atoms with Gasteiger partial charge in [0, 0.05) is 6.54 Å². The van der Waals surface area contributed by atoms with Crippen LogP contribution < -0.4 is 4.72 Å². The van der Waals surface area contributed by atoms with Crippen LogP contribution in [0.5, 0.6) is 0 Å². The predicted molar refractivity (Wildman–Crippen MR) is 88.7 cm³/mol. The molecule has 23 heavy (non-hydrogen) atoms. The largest absolute Gasteiger partial charge is 0.443 e. The van der Waals surface area contributed by atoms with Crippen LogP contribution in [0.3, 0.4) is 0 Å². The van der Waals surface area contributed by atoms with Gasteiger partial charge in [0.1, 0.15) is 5.52 Å². The maximum atomic E-state index is 12.6. The molecule has 5 nitrogen and oxygen atoms in total. The molecule has 0 fully saturated rings. The van der Waals surface area contributed by atoms with Crippen molar-refractivity contribution >= 4 is 21.1 Å². The first-order valence-electron chi connectivity index (χ1n) is 7.26. The number of hydrogen-bond donors (Lipinski definition) is 1. The summed E-state index contributed by atoms with van der Waals surface area (Å²) in [7, 11) is -3.57. The Bertz CT molecular complexity index is 951. The topological polar surface area (TPSA) is 72.2 Å². The maximum absolute atomic E-state index is 12.6. The number of benzene rings is 2. The number of aryl methyl sites for hydroxylation is 3. The first kappa shape index (κ1) is 15.7. The fourth-order valence-corrected chi connectivity index (χ4v) is 4.32. The summed E-state index contributed by atoms with van der Waals surface area (Å²) < 4.78 is 33.1. The zero-order chi connectivity index (χ0) is 16.6. The molecule has 0 bridgehead atoms. The molecule has 6 heteroatoms. The first-order chi connectivity index (χ1) is 10.9. The quantitative estimate of drug-likeness (QED) is 0.797. The van der Waals surface area contributed by atoms with E-state index >= 15 is 0 Å². The minimum Gasteiger partial charge on any atom is -0.443 e. The van der Waals surface area contributed by atoms with Gasteiger partial charge in [-0.05, 0) is 49.6 Å². The molecule has 0 aliphatic heterocycles. The van der Waals surface area contributed by atoms with E-state index in [4.69, 9.17) is 4.42 Å². The van der Waals surface area contributed by atoms with E-state index in [9.17, 15) is 8.42 Å². The van der Waals surface area contributed by atoms with Crippen LogP contribution in [0, 0.1) is 20.8 Å². The van der Waals surface area contributed by atoms with Crippen molar-refractivity contribution in [1.82, 2.24) is 9.71 Å². The Morgan fingerprint density at radius 2 is 1.78 bits per heavy atom. The summed E-state index contributed by atoms with van der Waals surface area (Å²) in [6.07, 6.45) is 1.37. The monoisotopic (exact) mass is 330 g/mol. The summed E-state index contributed by atoms with van der Waals surface area (Å²) in [5, 5.41) is 0. The van der Waals surface area contributed by atoms with E-state index in [1.165, 1.54) is 6.39 Å². The standard InChI is InChI=1S/C17H18N2O3S/c1-11-6-12(2)17(13(3)7-11)23(20,21)19-9-14-4-5-15-16(8-14)22-10-18-15/h4-8,10,19H,9H2,1-3H3. The van der Waals surface area contributed by atoms with Crippen LogP contribution in [0.15, 0.2) is 46.0 Å². The lowest BCUT2D eigenvalue weighted by Crippen LogP contribution is -2.25. The van der Waals surface area contributed by atoms with Crippen LogP contribution in [0.1, 0.15) is 22.3 Å². The third-order valence-electron chi connectivity index (χ3n) is 3.74. The van der Waals surface area contributed by atoms with Gasteiger partial charge >= 0.3 is 0 Å². The molecular weight excluding hydrogens is 312 g/mol. The summed E-state index contributed by atoms with van der Waals surface area (Å²) >= 11 is 0. The molecule has 3 aromatic rings. The molecule has 0 radical (unpaired) electrons. The Kier molecular flexibility index (Phi) is 3.95. The number of oxazole rings is 1. The second-order valence-corrected chi connectivity index (χ2v) is 7.41. The highest BCUT2D eigenvalue weighted by atomic mass is 32.2. The Morgan fingerprint density at radius 1 is 1.09 bits per heavy atom. The second kappa shape index (κ2) is 5.79. The molecule has 0 aliphatic rings. The van der Waals surface area contributed by atoms with E-state index in [-0.39, 0.29) is 6.54 Å². The number of rotatable bonds is 4. The maximum Gasteiger partial charge on any atom is 0.241 e. The van der Waals surface area contributed by atoms with Crippen LogP contribution in [0.2, 0.25) is 0 Å². The Labute approximate surface area is 135 Å². The van der Waals surface area contributed by atoms with Gasteiger partial charge in [-0.25, -0.2) is 18.1 Å². The molecule has 0 atom stereocenters. The van der Waals surface area contributed by atoms with E-state index < -0.39 is 10.0 Å². The summed E-state index contributed by atoms with van der Waals surface area (Å²) in [5.41, 5.74) is 4.77. The Hall–Kier alpha value is -2.18. The van der Waals surface area contributed by atoms with Gasteiger partial charge in [0.15, 0.2) is 12.0 Å². The van der Waals surface area contributed by atoms with Gasteiger partial charge in [0.05, 0.1) is 4.90 Å². The molecule has 0 aliphatic carbocycles. The Morgan fingerprint density at radius 3 is 2.48 bits per heavy atom. The molecule has 0 unspecified atom stereocenters. The van der Waals surface area contributed by atoms with Gasteiger partial charge in [0.25, 0.3) is 0 Å². The zero-order valence-corrected chi connectivity index (χ0v) is 14.1. The van der Waals surface area contributed by atoms with E-state index in [0.717, 1.165) is 27.8 Å². The fourth-order valence-electron chi connectivity index (χ4n) is 2.85. The molecule has 0 saturated carbocycles. The van der Waals surface area contributed by atoms with Gasteiger partial charge in [-0.1, -0.05) is 23.8 Å². The van der Waals surface area contributed by atoms with Crippen LogP contribution in [-0.4, -0.2) is 13.4 Å². The third-order valence-corrected chi connectivity index (χ3v) is 5.44. The van der Waals surface area contributed by atoms with Crippen molar-refractivity contribution in [2.24, 2.45) is 0 Å². The smallest absolute Gasteiger partial charge is 0.241 e. The van der Waals surface area contributed by atoms with Crippen LogP contribution >= 0.6 is 0 Å². The van der Waals surface area contributed by atoms with Crippen LogP contribution in [0.4, 0.5) is 0 Å². The van der Waals surface area contributed by atoms with Crippen LogP contribution in [0.25, 0.3) is 11.1 Å². The van der Waals surface area contributed by atoms with Crippen molar-refractivity contribution in [3.63, 3.8) is 0 Å². The number of aromatic nitrogens is 1. The van der Waals surface area contributed by atoms with Gasteiger partial charge in [-0.3, -0.25) is 0 Å². The fraction of sp³-hybridized carbons (Fsp3) is 0.235. The van der Waals surface area contributed by atoms with Crippen LogP contribution in [-0.2, 0) is 16.6 Å². The van der Waals surface area contributed by atoms with E-state index in [1.54, 1.807) is 6.07 Å². The number of hydrogen-bond acceptors (Lipinski definition) is 4. The highest BCUT2D eigenvalue weighted by Gasteiger charge is 2.19. The van der Waals surface area contributed by atoms with Gasteiger partial charge in [-0.2, -0.15) is 0 Å². The number of sulfonamides is 1. The van der Waals surface area contributed by atoms with Crippen molar-refractivity contribution < 1.29 is 12.8 Å². The summed E-state index contributed by atoms with van der Waals surface area (Å²) in [6, 6.07) is 9.19. The van der Waals surface area contributed by atoms with Crippen molar-refractivity contribution in [3.8, 4) is 0 Å². The van der Waals surface area contributed by atoms with Crippen molar-refractivity contribution in [2.45, 2.75) is 32.2 Å². The summed E-state index contributed by atoms with van der Waals surface area (Å²) in [6.45, 7) is 5.78. The third kappa shape index (κ3) is 3.13.